The van der Waals surface area contributed by atoms with E-state index in [1.165, 1.54) is 18.5 Å². The van der Waals surface area contributed by atoms with Crippen molar-refractivity contribution in [2.24, 2.45) is 0 Å². The van der Waals surface area contributed by atoms with E-state index in [9.17, 15) is 14.7 Å². The number of likely N-dealkylation sites (tertiary alicyclic amines) is 1. The van der Waals surface area contributed by atoms with Gasteiger partial charge in [0, 0.05) is 25.8 Å². The lowest BCUT2D eigenvalue weighted by Crippen LogP contribution is -2.45. The second-order valence-electron chi connectivity index (χ2n) is 6.88. The van der Waals surface area contributed by atoms with E-state index >= 15 is 0 Å². The fourth-order valence-corrected chi connectivity index (χ4v) is 3.72. The molecule has 2 aliphatic rings. The lowest BCUT2D eigenvalue weighted by Gasteiger charge is -2.29. The monoisotopic (exact) mass is 367 g/mol. The van der Waals surface area contributed by atoms with Gasteiger partial charge in [-0.1, -0.05) is 30.3 Å². The van der Waals surface area contributed by atoms with Crippen LogP contribution >= 0.6 is 0 Å². The number of nitrogens with zero attached hydrogens (tertiary/aromatic N) is 3. The van der Waals surface area contributed by atoms with Gasteiger partial charge in [0.05, 0.1) is 36.9 Å². The number of hydrogen-bond acceptors (Lipinski definition) is 5. The van der Waals surface area contributed by atoms with Gasteiger partial charge in [-0.2, -0.15) is 0 Å². The molecule has 27 heavy (non-hydrogen) atoms. The first-order valence-corrected chi connectivity index (χ1v) is 9.00. The maximum absolute atomic E-state index is 12.8. The molecular weight excluding hydrogens is 346 g/mol. The van der Waals surface area contributed by atoms with Crippen molar-refractivity contribution >= 4 is 11.8 Å². The molecule has 0 aliphatic carbocycles. The predicted octanol–water partition coefficient (Wildman–Crippen LogP) is 1.43. The van der Waals surface area contributed by atoms with E-state index in [2.05, 4.69) is 4.98 Å². The van der Waals surface area contributed by atoms with Crippen LogP contribution in [-0.2, 0) is 16.1 Å². The van der Waals surface area contributed by atoms with Gasteiger partial charge in [-0.15, -0.1) is 0 Å². The minimum atomic E-state index is -0.220. The summed E-state index contributed by atoms with van der Waals surface area (Å²) in [7, 11) is 0. The van der Waals surface area contributed by atoms with E-state index in [4.69, 9.17) is 4.74 Å². The average molecular weight is 367 g/mol. The molecule has 2 aromatic rings. The molecule has 7 nitrogen and oxygen atoms in total. The van der Waals surface area contributed by atoms with Gasteiger partial charge >= 0.3 is 0 Å². The maximum atomic E-state index is 12.8. The first kappa shape index (κ1) is 17.5. The van der Waals surface area contributed by atoms with Crippen molar-refractivity contribution in [1.29, 1.82) is 0 Å². The molecule has 1 aromatic carbocycles. The Morgan fingerprint density at radius 3 is 2.81 bits per heavy atom. The number of fused-ring (bicyclic) bond motifs is 1. The summed E-state index contributed by atoms with van der Waals surface area (Å²) in [4.78, 5) is 32.8. The average Bonchev–Trinajstić information content (AvgIpc) is 3.04. The predicted molar refractivity (Wildman–Crippen MR) is 96.9 cm³/mol. The zero-order chi connectivity index (χ0) is 18.8. The van der Waals surface area contributed by atoms with Crippen LogP contribution in [0.4, 0.5) is 0 Å². The van der Waals surface area contributed by atoms with Crippen LogP contribution in [0.5, 0.6) is 5.75 Å². The largest absolute Gasteiger partial charge is 0.506 e. The summed E-state index contributed by atoms with van der Waals surface area (Å²) in [6, 6.07) is 11.0. The van der Waals surface area contributed by atoms with E-state index in [0.29, 0.717) is 38.2 Å². The van der Waals surface area contributed by atoms with Crippen molar-refractivity contribution in [3.8, 4) is 5.75 Å². The SMILES string of the molecule is O=C(c1cncc(O)c1)N1C[C@@H]2OCCC(=O)N(Cc3ccccc3)[C@H]2C1. The third-order valence-electron chi connectivity index (χ3n) is 5.06. The molecule has 0 spiro atoms. The Morgan fingerprint density at radius 2 is 2.04 bits per heavy atom. The maximum Gasteiger partial charge on any atom is 0.255 e. The van der Waals surface area contributed by atoms with E-state index in [1.807, 2.05) is 35.2 Å². The highest BCUT2D eigenvalue weighted by atomic mass is 16.5. The number of aromatic nitrogens is 1. The van der Waals surface area contributed by atoms with Crippen molar-refractivity contribution < 1.29 is 19.4 Å². The number of amides is 2. The van der Waals surface area contributed by atoms with Crippen LogP contribution < -0.4 is 0 Å². The van der Waals surface area contributed by atoms with Gasteiger partial charge in [0.1, 0.15) is 5.75 Å². The second kappa shape index (κ2) is 7.36. The summed E-state index contributed by atoms with van der Waals surface area (Å²) in [5.41, 5.74) is 1.38. The lowest BCUT2D eigenvalue weighted by atomic mass is 10.1. The summed E-state index contributed by atoms with van der Waals surface area (Å²) in [5, 5.41) is 9.58. The van der Waals surface area contributed by atoms with Crippen LogP contribution in [0.1, 0.15) is 22.3 Å². The molecule has 4 rings (SSSR count). The second-order valence-corrected chi connectivity index (χ2v) is 6.88. The van der Waals surface area contributed by atoms with Gasteiger partial charge in [-0.25, -0.2) is 0 Å². The standard InChI is InChI=1S/C20H21N3O4/c24-16-8-15(9-21-10-16)20(26)22-12-17-18(13-22)27-7-6-19(25)23(17)11-14-4-2-1-3-5-14/h1-5,8-10,17-18,24H,6-7,11-13H2/t17-,18-/m0/s1. The number of carbonyl (C=O) groups is 2. The number of pyridine rings is 1. The van der Waals surface area contributed by atoms with Gasteiger partial charge in [-0.3, -0.25) is 14.6 Å². The summed E-state index contributed by atoms with van der Waals surface area (Å²) in [6.45, 7) is 1.68. The van der Waals surface area contributed by atoms with Crippen LogP contribution in [0, 0.1) is 0 Å². The van der Waals surface area contributed by atoms with Gasteiger partial charge in [0.15, 0.2) is 0 Å². The van der Waals surface area contributed by atoms with Crippen molar-refractivity contribution in [2.75, 3.05) is 19.7 Å². The zero-order valence-corrected chi connectivity index (χ0v) is 14.8. The molecule has 0 bridgehead atoms. The number of rotatable bonds is 3. The molecule has 0 radical (unpaired) electrons. The summed E-state index contributed by atoms with van der Waals surface area (Å²) >= 11 is 0. The number of ether oxygens (including phenoxy) is 1. The molecule has 1 aromatic heterocycles. The van der Waals surface area contributed by atoms with Gasteiger partial charge < -0.3 is 19.6 Å². The van der Waals surface area contributed by atoms with Crippen LogP contribution in [0.25, 0.3) is 0 Å². The molecule has 2 aliphatic heterocycles. The highest BCUT2D eigenvalue weighted by Gasteiger charge is 2.43. The Hall–Kier alpha value is -2.93. The van der Waals surface area contributed by atoms with Crippen molar-refractivity contribution in [1.82, 2.24) is 14.8 Å². The molecule has 2 saturated heterocycles. The Morgan fingerprint density at radius 1 is 1.22 bits per heavy atom. The molecule has 2 atom stereocenters. The fraction of sp³-hybridized carbons (Fsp3) is 0.350. The molecule has 3 heterocycles. The van der Waals surface area contributed by atoms with Crippen LogP contribution in [-0.4, -0.2) is 63.5 Å². The molecular formula is C20H21N3O4. The Labute approximate surface area is 157 Å². The topological polar surface area (TPSA) is 83.0 Å². The number of carbonyl (C=O) groups excluding carboxylic acids is 2. The summed E-state index contributed by atoms with van der Waals surface area (Å²) in [6.07, 6.45) is 2.86. The number of benzene rings is 1. The first-order valence-electron chi connectivity index (χ1n) is 9.00. The third kappa shape index (κ3) is 3.64. The van der Waals surface area contributed by atoms with Crippen molar-refractivity contribution in [2.45, 2.75) is 25.1 Å². The van der Waals surface area contributed by atoms with Gasteiger partial charge in [-0.05, 0) is 11.6 Å². The molecule has 2 fully saturated rings. The summed E-state index contributed by atoms with van der Waals surface area (Å²) in [5.74, 6) is -0.228. The van der Waals surface area contributed by atoms with E-state index < -0.39 is 0 Å². The quantitative estimate of drug-likeness (QED) is 0.887. The zero-order valence-electron chi connectivity index (χ0n) is 14.8. The molecule has 2 amide bonds. The third-order valence-corrected chi connectivity index (χ3v) is 5.06. The highest BCUT2D eigenvalue weighted by Crippen LogP contribution is 2.26. The lowest BCUT2D eigenvalue weighted by molar-refractivity contribution is -0.133. The summed E-state index contributed by atoms with van der Waals surface area (Å²) < 4.78 is 5.88. The molecule has 0 saturated carbocycles. The smallest absolute Gasteiger partial charge is 0.255 e. The number of aromatic hydroxyl groups is 1. The van der Waals surface area contributed by atoms with Gasteiger partial charge in [0.25, 0.3) is 5.91 Å². The normalized spacial score (nSPS) is 22.4. The first-order chi connectivity index (χ1) is 13.1. The molecule has 0 unspecified atom stereocenters. The fourth-order valence-electron chi connectivity index (χ4n) is 3.72. The van der Waals surface area contributed by atoms with Crippen LogP contribution in [0.3, 0.4) is 0 Å². The van der Waals surface area contributed by atoms with Gasteiger partial charge in [0.2, 0.25) is 5.91 Å². The van der Waals surface area contributed by atoms with E-state index in [1.54, 1.807) is 4.90 Å². The molecule has 7 heteroatoms. The molecule has 140 valence electrons. The van der Waals surface area contributed by atoms with Crippen LogP contribution in [0.2, 0.25) is 0 Å². The number of hydrogen-bond donors (Lipinski definition) is 1. The Balaban J connectivity index is 1.55. The van der Waals surface area contributed by atoms with Crippen molar-refractivity contribution in [3.63, 3.8) is 0 Å². The minimum Gasteiger partial charge on any atom is -0.506 e. The Bertz CT molecular complexity index is 842. The van der Waals surface area contributed by atoms with Crippen LogP contribution in [0.15, 0.2) is 48.8 Å². The minimum absolute atomic E-state index is 0.0414. The highest BCUT2D eigenvalue weighted by molar-refractivity contribution is 5.94. The van der Waals surface area contributed by atoms with Crippen molar-refractivity contribution in [3.05, 3.63) is 59.9 Å². The van der Waals surface area contributed by atoms with E-state index in [0.717, 1.165) is 5.56 Å². The molecule has 1 N–H and O–H groups in total. The Kier molecular flexibility index (Phi) is 4.77. The van der Waals surface area contributed by atoms with E-state index in [-0.39, 0.29) is 29.7 Å².